The summed E-state index contributed by atoms with van der Waals surface area (Å²) < 4.78 is 6.05. The number of amides is 1. The molecule has 0 aliphatic carbocycles. The second kappa shape index (κ2) is 6.31. The van der Waals surface area contributed by atoms with E-state index in [-0.39, 0.29) is 12.0 Å². The highest BCUT2D eigenvalue weighted by atomic mass is 79.9. The van der Waals surface area contributed by atoms with Crippen molar-refractivity contribution < 1.29 is 9.53 Å². The van der Waals surface area contributed by atoms with Crippen molar-refractivity contribution >= 4 is 27.7 Å². The topological polar surface area (TPSA) is 80.5 Å². The van der Waals surface area contributed by atoms with Crippen molar-refractivity contribution in [3.63, 3.8) is 0 Å². The molecule has 0 saturated carbocycles. The smallest absolute Gasteiger partial charge is 0.257 e. The number of hydrogen-bond donors (Lipinski definition) is 2. The lowest BCUT2D eigenvalue weighted by molar-refractivity contribution is 0.0351. The maximum Gasteiger partial charge on any atom is 0.257 e. The summed E-state index contributed by atoms with van der Waals surface area (Å²) in [5, 5.41) is 0. The number of rotatable bonds is 3. The van der Waals surface area contributed by atoms with Gasteiger partial charge in [0.1, 0.15) is 0 Å². The van der Waals surface area contributed by atoms with Crippen molar-refractivity contribution in [2.24, 2.45) is 5.84 Å². The van der Waals surface area contributed by atoms with Gasteiger partial charge in [-0.15, -0.1) is 0 Å². The number of hydrazine groups is 1. The Balaban J connectivity index is 2.14. The number of carbonyl (C=O) groups is 1. The number of pyridine rings is 1. The van der Waals surface area contributed by atoms with Gasteiger partial charge in [-0.2, -0.15) is 0 Å². The number of nitrogens with one attached hydrogen (secondary N) is 1. The van der Waals surface area contributed by atoms with Crippen LogP contribution in [0.4, 0.5) is 5.82 Å². The molecular weight excluding hydrogens is 312 g/mol. The summed E-state index contributed by atoms with van der Waals surface area (Å²) in [6, 6.07) is 1.73. The minimum Gasteiger partial charge on any atom is -0.381 e. The van der Waals surface area contributed by atoms with Gasteiger partial charge in [-0.05, 0) is 34.8 Å². The number of halogens is 1. The zero-order chi connectivity index (χ0) is 13.8. The van der Waals surface area contributed by atoms with E-state index in [1.165, 1.54) is 0 Å². The molecule has 1 aromatic heterocycles. The van der Waals surface area contributed by atoms with Crippen LogP contribution in [0.25, 0.3) is 0 Å². The van der Waals surface area contributed by atoms with Gasteiger partial charge in [0.2, 0.25) is 0 Å². The average Bonchev–Trinajstić information content (AvgIpc) is 2.46. The first kappa shape index (κ1) is 14.2. The van der Waals surface area contributed by atoms with Crippen molar-refractivity contribution in [1.82, 2.24) is 9.88 Å². The van der Waals surface area contributed by atoms with E-state index in [1.54, 1.807) is 24.3 Å². The quantitative estimate of drug-likeness (QED) is 0.647. The minimum absolute atomic E-state index is 0.0590. The van der Waals surface area contributed by atoms with Crippen molar-refractivity contribution in [3.8, 4) is 0 Å². The number of nitrogen functional groups attached to an aromatic ring is 1. The SMILES string of the molecule is COC1CCN(C(=O)c2cc(Br)cnc2NN)CC1. The molecule has 1 saturated heterocycles. The predicted octanol–water partition coefficient (Wildman–Crippen LogP) is 1.38. The third-order valence-corrected chi connectivity index (χ3v) is 3.72. The monoisotopic (exact) mass is 328 g/mol. The second-order valence-corrected chi connectivity index (χ2v) is 5.34. The molecule has 0 aromatic carbocycles. The number of likely N-dealkylation sites (tertiary alicyclic amines) is 1. The van der Waals surface area contributed by atoms with Gasteiger partial charge in [0.05, 0.1) is 11.7 Å². The van der Waals surface area contributed by atoms with Crippen LogP contribution in [-0.4, -0.2) is 42.1 Å². The Morgan fingerprint density at radius 2 is 2.26 bits per heavy atom. The van der Waals surface area contributed by atoms with Crippen LogP contribution < -0.4 is 11.3 Å². The Kier molecular flexibility index (Phi) is 4.73. The Bertz CT molecular complexity index is 461. The number of nitrogens with two attached hydrogens (primary N) is 1. The van der Waals surface area contributed by atoms with Crippen LogP contribution >= 0.6 is 15.9 Å². The highest BCUT2D eigenvalue weighted by Crippen LogP contribution is 2.21. The third-order valence-electron chi connectivity index (χ3n) is 3.28. The fourth-order valence-electron chi connectivity index (χ4n) is 2.18. The number of anilines is 1. The summed E-state index contributed by atoms with van der Waals surface area (Å²) in [7, 11) is 1.71. The number of nitrogens with zero attached hydrogens (tertiary/aromatic N) is 2. The van der Waals surface area contributed by atoms with E-state index < -0.39 is 0 Å². The van der Waals surface area contributed by atoms with Crippen molar-refractivity contribution in [2.75, 3.05) is 25.6 Å². The van der Waals surface area contributed by atoms with Crippen LogP contribution in [0, 0.1) is 0 Å². The lowest BCUT2D eigenvalue weighted by Crippen LogP contribution is -2.41. The first-order chi connectivity index (χ1) is 9.15. The maximum absolute atomic E-state index is 12.5. The van der Waals surface area contributed by atoms with Crippen LogP contribution in [0.1, 0.15) is 23.2 Å². The number of aromatic nitrogens is 1. The first-order valence-corrected chi connectivity index (χ1v) is 6.89. The Morgan fingerprint density at radius 1 is 1.58 bits per heavy atom. The van der Waals surface area contributed by atoms with Crippen LogP contribution in [0.3, 0.4) is 0 Å². The van der Waals surface area contributed by atoms with Crippen molar-refractivity contribution in [1.29, 1.82) is 0 Å². The molecular formula is C12H17BrN4O2. The average molecular weight is 329 g/mol. The first-order valence-electron chi connectivity index (χ1n) is 6.10. The fourth-order valence-corrected chi connectivity index (χ4v) is 2.51. The number of ether oxygens (including phenoxy) is 1. The summed E-state index contributed by atoms with van der Waals surface area (Å²) in [6.45, 7) is 1.38. The molecule has 7 heteroatoms. The van der Waals surface area contributed by atoms with E-state index in [4.69, 9.17) is 10.6 Å². The molecule has 1 amide bonds. The van der Waals surface area contributed by atoms with Gasteiger partial charge < -0.3 is 15.1 Å². The molecule has 1 aliphatic rings. The predicted molar refractivity (Wildman–Crippen MR) is 75.7 cm³/mol. The maximum atomic E-state index is 12.5. The molecule has 1 fully saturated rings. The van der Waals surface area contributed by atoms with Gasteiger partial charge >= 0.3 is 0 Å². The van der Waals surface area contributed by atoms with Gasteiger partial charge in [-0.25, -0.2) is 10.8 Å². The molecule has 0 radical (unpaired) electrons. The van der Waals surface area contributed by atoms with E-state index in [1.807, 2.05) is 0 Å². The van der Waals surface area contributed by atoms with Gasteiger partial charge in [-0.3, -0.25) is 4.79 Å². The zero-order valence-corrected chi connectivity index (χ0v) is 12.3. The highest BCUT2D eigenvalue weighted by Gasteiger charge is 2.25. The largest absolute Gasteiger partial charge is 0.381 e. The van der Waals surface area contributed by atoms with E-state index in [0.717, 1.165) is 17.3 Å². The normalized spacial score (nSPS) is 16.5. The summed E-state index contributed by atoms with van der Waals surface area (Å²) in [5.41, 5.74) is 2.94. The van der Waals surface area contributed by atoms with E-state index in [2.05, 4.69) is 26.3 Å². The molecule has 2 heterocycles. The summed E-state index contributed by atoms with van der Waals surface area (Å²) in [5.74, 6) is 5.72. The minimum atomic E-state index is -0.0590. The molecule has 6 nitrogen and oxygen atoms in total. The molecule has 0 atom stereocenters. The number of hydrogen-bond acceptors (Lipinski definition) is 5. The van der Waals surface area contributed by atoms with Gasteiger partial charge in [0.15, 0.2) is 5.82 Å². The summed E-state index contributed by atoms with van der Waals surface area (Å²) >= 11 is 3.32. The zero-order valence-electron chi connectivity index (χ0n) is 10.7. The molecule has 104 valence electrons. The van der Waals surface area contributed by atoms with E-state index >= 15 is 0 Å². The molecule has 19 heavy (non-hydrogen) atoms. The number of carbonyl (C=O) groups excluding carboxylic acids is 1. The molecule has 1 aliphatic heterocycles. The lowest BCUT2D eigenvalue weighted by atomic mass is 10.1. The molecule has 0 bridgehead atoms. The standard InChI is InChI=1S/C12H17BrN4O2/c1-19-9-2-4-17(5-3-9)12(18)10-6-8(13)7-15-11(10)16-14/h6-7,9H,2-5,14H2,1H3,(H,15,16). The lowest BCUT2D eigenvalue weighted by Gasteiger charge is -2.31. The van der Waals surface area contributed by atoms with Crippen LogP contribution in [0.2, 0.25) is 0 Å². The van der Waals surface area contributed by atoms with E-state index in [9.17, 15) is 4.79 Å². The van der Waals surface area contributed by atoms with Crippen molar-refractivity contribution in [2.45, 2.75) is 18.9 Å². The van der Waals surface area contributed by atoms with Gasteiger partial charge in [-0.1, -0.05) is 0 Å². The van der Waals surface area contributed by atoms with Gasteiger partial charge in [0, 0.05) is 30.9 Å². The molecule has 0 spiro atoms. The number of piperidine rings is 1. The highest BCUT2D eigenvalue weighted by molar-refractivity contribution is 9.10. The Labute approximate surface area is 120 Å². The van der Waals surface area contributed by atoms with Crippen LogP contribution in [0.15, 0.2) is 16.7 Å². The Morgan fingerprint density at radius 3 is 2.84 bits per heavy atom. The second-order valence-electron chi connectivity index (χ2n) is 4.42. The molecule has 3 N–H and O–H groups in total. The third kappa shape index (κ3) is 3.23. The summed E-state index contributed by atoms with van der Waals surface area (Å²) in [4.78, 5) is 18.3. The van der Waals surface area contributed by atoms with Crippen LogP contribution in [-0.2, 0) is 4.74 Å². The summed E-state index contributed by atoms with van der Waals surface area (Å²) in [6.07, 6.45) is 3.56. The molecule has 2 rings (SSSR count). The molecule has 0 unspecified atom stereocenters. The van der Waals surface area contributed by atoms with E-state index in [0.29, 0.717) is 24.5 Å². The molecule has 1 aromatic rings. The fraction of sp³-hybridized carbons (Fsp3) is 0.500. The Hall–Kier alpha value is -1.18. The number of methoxy groups -OCH3 is 1. The van der Waals surface area contributed by atoms with Crippen LogP contribution in [0.5, 0.6) is 0 Å². The van der Waals surface area contributed by atoms with Gasteiger partial charge in [0.25, 0.3) is 5.91 Å². The van der Waals surface area contributed by atoms with Crippen molar-refractivity contribution in [3.05, 3.63) is 22.3 Å².